The van der Waals surface area contributed by atoms with Crippen molar-refractivity contribution in [1.82, 2.24) is 0 Å². The molecule has 1 fully saturated rings. The molecule has 0 radical (unpaired) electrons. The molecule has 0 aromatic heterocycles. The second-order valence-electron chi connectivity index (χ2n) is 4.59. The van der Waals surface area contributed by atoms with Crippen LogP contribution in [-0.2, 0) is 4.74 Å². The third-order valence-corrected chi connectivity index (χ3v) is 3.39. The first-order chi connectivity index (χ1) is 8.74. The van der Waals surface area contributed by atoms with Gasteiger partial charge in [-0.2, -0.15) is 5.26 Å². The number of rotatable bonds is 3. The number of hydrogen-bond acceptors (Lipinski definition) is 4. The Morgan fingerprint density at radius 3 is 2.83 bits per heavy atom. The molecule has 0 saturated heterocycles. The third kappa shape index (κ3) is 2.74. The van der Waals surface area contributed by atoms with Gasteiger partial charge < -0.3 is 15.2 Å². The number of benzene rings is 1. The van der Waals surface area contributed by atoms with Crippen molar-refractivity contribution in [2.75, 3.05) is 12.8 Å². The number of nitrogens with zero attached hydrogens (tertiary/aromatic N) is 1. The van der Waals surface area contributed by atoms with Gasteiger partial charge in [-0.05, 0) is 31.4 Å². The van der Waals surface area contributed by atoms with E-state index in [0.29, 0.717) is 17.0 Å². The number of nitrogen functional groups attached to an aromatic ring is 1. The molecule has 1 aliphatic rings. The summed E-state index contributed by atoms with van der Waals surface area (Å²) >= 11 is 0. The molecule has 2 unspecified atom stereocenters. The lowest BCUT2D eigenvalue weighted by atomic mass is 9.95. The van der Waals surface area contributed by atoms with Crippen LogP contribution in [0.25, 0.3) is 0 Å². The predicted molar refractivity (Wildman–Crippen MR) is 69.3 cm³/mol. The summed E-state index contributed by atoms with van der Waals surface area (Å²) in [6.45, 7) is 0. The number of ether oxygens (including phenoxy) is 2. The Morgan fingerprint density at radius 2 is 2.11 bits per heavy atom. The normalized spacial score (nSPS) is 23.3. The van der Waals surface area contributed by atoms with Gasteiger partial charge in [0.1, 0.15) is 17.9 Å². The molecule has 1 aromatic rings. The fraction of sp³-hybridized carbons (Fsp3) is 0.500. The summed E-state index contributed by atoms with van der Waals surface area (Å²) in [7, 11) is 1.73. The van der Waals surface area contributed by atoms with Gasteiger partial charge in [0.05, 0.1) is 17.4 Å². The van der Waals surface area contributed by atoms with E-state index < -0.39 is 0 Å². The summed E-state index contributed by atoms with van der Waals surface area (Å²) in [5.41, 5.74) is 6.79. The summed E-state index contributed by atoms with van der Waals surface area (Å²) in [6, 6.07) is 7.36. The molecule has 1 saturated carbocycles. The highest BCUT2D eigenvalue weighted by Gasteiger charge is 2.23. The van der Waals surface area contributed by atoms with Crippen LogP contribution in [0.3, 0.4) is 0 Å². The van der Waals surface area contributed by atoms with Crippen molar-refractivity contribution in [2.24, 2.45) is 0 Å². The monoisotopic (exact) mass is 246 g/mol. The highest BCUT2D eigenvalue weighted by Crippen LogP contribution is 2.30. The summed E-state index contributed by atoms with van der Waals surface area (Å²) < 4.78 is 11.3. The van der Waals surface area contributed by atoms with Crippen LogP contribution in [0.5, 0.6) is 5.75 Å². The minimum atomic E-state index is 0.125. The number of methoxy groups -OCH3 is 1. The zero-order valence-corrected chi connectivity index (χ0v) is 10.6. The molecule has 0 spiro atoms. The third-order valence-electron chi connectivity index (χ3n) is 3.39. The second kappa shape index (κ2) is 5.74. The van der Waals surface area contributed by atoms with Crippen LogP contribution in [0.4, 0.5) is 5.69 Å². The van der Waals surface area contributed by atoms with Gasteiger partial charge in [0.15, 0.2) is 0 Å². The van der Waals surface area contributed by atoms with Crippen LogP contribution in [-0.4, -0.2) is 19.3 Å². The fourth-order valence-electron chi connectivity index (χ4n) is 2.35. The van der Waals surface area contributed by atoms with Crippen molar-refractivity contribution in [1.29, 1.82) is 5.26 Å². The Hall–Kier alpha value is -1.73. The van der Waals surface area contributed by atoms with Gasteiger partial charge in [-0.15, -0.1) is 0 Å². The summed E-state index contributed by atoms with van der Waals surface area (Å²) in [5, 5.41) is 8.92. The topological polar surface area (TPSA) is 68.3 Å². The first kappa shape index (κ1) is 12.7. The predicted octanol–water partition coefficient (Wildman–Crippen LogP) is 2.48. The minimum Gasteiger partial charge on any atom is -0.488 e. The summed E-state index contributed by atoms with van der Waals surface area (Å²) in [5.74, 6) is 0.607. The largest absolute Gasteiger partial charge is 0.488 e. The number of nitrogens with two attached hydrogens (primary N) is 1. The van der Waals surface area contributed by atoms with Gasteiger partial charge in [-0.25, -0.2) is 0 Å². The van der Waals surface area contributed by atoms with Crippen molar-refractivity contribution in [3.63, 3.8) is 0 Å². The van der Waals surface area contributed by atoms with E-state index in [2.05, 4.69) is 6.07 Å². The average Bonchev–Trinajstić information content (AvgIpc) is 2.41. The minimum absolute atomic E-state index is 0.125. The first-order valence-corrected chi connectivity index (χ1v) is 6.22. The molecule has 1 aromatic carbocycles. The standard InChI is InChI=1S/C14H18N2O2/c1-17-11-5-3-6-12(8-11)18-13-7-2-4-10(9-15)14(13)16/h2,4,7,11-12H,3,5-6,8,16H2,1H3. The maximum absolute atomic E-state index is 8.92. The zero-order valence-electron chi connectivity index (χ0n) is 10.6. The smallest absolute Gasteiger partial charge is 0.143 e. The molecule has 4 nitrogen and oxygen atoms in total. The molecular weight excluding hydrogens is 228 g/mol. The molecular formula is C14H18N2O2. The van der Waals surface area contributed by atoms with E-state index in [-0.39, 0.29) is 12.2 Å². The lowest BCUT2D eigenvalue weighted by Gasteiger charge is -2.29. The molecule has 2 N–H and O–H groups in total. The molecule has 0 heterocycles. The van der Waals surface area contributed by atoms with Crippen molar-refractivity contribution in [3.8, 4) is 11.8 Å². The molecule has 0 amide bonds. The van der Waals surface area contributed by atoms with Crippen LogP contribution in [0.15, 0.2) is 18.2 Å². The Labute approximate surface area is 107 Å². The fourth-order valence-corrected chi connectivity index (χ4v) is 2.35. The maximum atomic E-state index is 8.92. The van der Waals surface area contributed by atoms with E-state index in [1.54, 1.807) is 19.2 Å². The zero-order chi connectivity index (χ0) is 13.0. The van der Waals surface area contributed by atoms with Crippen LogP contribution in [0.1, 0.15) is 31.2 Å². The van der Waals surface area contributed by atoms with E-state index in [9.17, 15) is 0 Å². The van der Waals surface area contributed by atoms with Crippen molar-refractivity contribution < 1.29 is 9.47 Å². The molecule has 2 rings (SSSR count). The lowest BCUT2D eigenvalue weighted by Crippen LogP contribution is -2.29. The van der Waals surface area contributed by atoms with Crippen molar-refractivity contribution >= 4 is 5.69 Å². The number of anilines is 1. The Morgan fingerprint density at radius 1 is 1.33 bits per heavy atom. The van der Waals surface area contributed by atoms with E-state index >= 15 is 0 Å². The quantitative estimate of drug-likeness (QED) is 0.832. The molecule has 18 heavy (non-hydrogen) atoms. The first-order valence-electron chi connectivity index (χ1n) is 6.22. The van der Waals surface area contributed by atoms with Gasteiger partial charge >= 0.3 is 0 Å². The highest BCUT2D eigenvalue weighted by molar-refractivity contribution is 5.63. The SMILES string of the molecule is COC1CCCC(Oc2cccc(C#N)c2N)C1. The van der Waals surface area contributed by atoms with E-state index in [1.165, 1.54) is 0 Å². The number of para-hydroxylation sites is 1. The summed E-state index contributed by atoms with van der Waals surface area (Å²) in [6.07, 6.45) is 4.47. The van der Waals surface area contributed by atoms with Gasteiger partial charge in [0, 0.05) is 13.5 Å². The molecule has 2 atom stereocenters. The average molecular weight is 246 g/mol. The van der Waals surface area contributed by atoms with Gasteiger partial charge in [-0.1, -0.05) is 6.07 Å². The molecule has 4 heteroatoms. The second-order valence-corrected chi connectivity index (χ2v) is 4.59. The van der Waals surface area contributed by atoms with E-state index in [4.69, 9.17) is 20.5 Å². The molecule has 0 aliphatic heterocycles. The van der Waals surface area contributed by atoms with Crippen molar-refractivity contribution in [3.05, 3.63) is 23.8 Å². The van der Waals surface area contributed by atoms with E-state index in [1.807, 2.05) is 6.07 Å². The van der Waals surface area contributed by atoms with Crippen LogP contribution in [0.2, 0.25) is 0 Å². The molecule has 96 valence electrons. The molecule has 1 aliphatic carbocycles. The molecule has 0 bridgehead atoms. The Balaban J connectivity index is 2.07. The van der Waals surface area contributed by atoms with Gasteiger partial charge in [-0.3, -0.25) is 0 Å². The highest BCUT2D eigenvalue weighted by atomic mass is 16.5. The number of hydrogen-bond donors (Lipinski definition) is 1. The summed E-state index contributed by atoms with van der Waals surface area (Å²) in [4.78, 5) is 0. The van der Waals surface area contributed by atoms with Gasteiger partial charge in [0.25, 0.3) is 0 Å². The number of nitriles is 1. The van der Waals surface area contributed by atoms with Crippen molar-refractivity contribution in [2.45, 2.75) is 37.9 Å². The van der Waals surface area contributed by atoms with Gasteiger partial charge in [0.2, 0.25) is 0 Å². The van der Waals surface area contributed by atoms with E-state index in [0.717, 1.165) is 25.7 Å². The van der Waals surface area contributed by atoms with Crippen LogP contribution < -0.4 is 10.5 Å². The Kier molecular flexibility index (Phi) is 4.06. The van der Waals surface area contributed by atoms with Crippen LogP contribution >= 0.6 is 0 Å². The lowest BCUT2D eigenvalue weighted by molar-refractivity contribution is 0.0212. The Bertz CT molecular complexity index is 454. The van der Waals surface area contributed by atoms with Crippen LogP contribution in [0, 0.1) is 11.3 Å². The maximum Gasteiger partial charge on any atom is 0.143 e.